The topological polar surface area (TPSA) is 64.8 Å². The van der Waals surface area contributed by atoms with Gasteiger partial charge in [-0.05, 0) is 66.8 Å². The molecule has 33 heavy (non-hydrogen) atoms. The number of carbonyl (C=O) groups is 1. The minimum Gasteiger partial charge on any atom is -0.491 e. The number of hydrogen-bond donors (Lipinski definition) is 1. The van der Waals surface area contributed by atoms with Crippen molar-refractivity contribution in [3.63, 3.8) is 0 Å². The summed E-state index contributed by atoms with van der Waals surface area (Å²) in [4.78, 5) is 15.2. The minimum absolute atomic E-state index is 0.128. The van der Waals surface area contributed by atoms with E-state index in [9.17, 15) is 4.79 Å². The van der Waals surface area contributed by atoms with Crippen molar-refractivity contribution in [2.24, 2.45) is 5.92 Å². The Morgan fingerprint density at radius 3 is 2.85 bits per heavy atom. The van der Waals surface area contributed by atoms with E-state index in [1.165, 1.54) is 36.8 Å². The number of benzene rings is 2. The highest BCUT2D eigenvalue weighted by atomic mass is 16.6. The summed E-state index contributed by atoms with van der Waals surface area (Å²) in [5.74, 6) is 1.31. The highest BCUT2D eigenvalue weighted by Crippen LogP contribution is 2.56. The minimum atomic E-state index is -0.182. The molecule has 0 unspecified atom stereocenters. The molecule has 5 heteroatoms. The van der Waals surface area contributed by atoms with Gasteiger partial charge in [0.2, 0.25) is 0 Å². The highest BCUT2D eigenvalue weighted by molar-refractivity contribution is 5.69. The van der Waals surface area contributed by atoms with Crippen molar-refractivity contribution in [1.82, 2.24) is 4.90 Å². The van der Waals surface area contributed by atoms with Crippen LogP contribution in [0.1, 0.15) is 68.6 Å². The quantitative estimate of drug-likeness (QED) is 0.445. The zero-order chi connectivity index (χ0) is 22.8. The Kier molecular flexibility index (Phi) is 6.22. The summed E-state index contributed by atoms with van der Waals surface area (Å²) in [5, 5.41) is 0. The van der Waals surface area contributed by atoms with Crippen LogP contribution in [0.2, 0.25) is 0 Å². The summed E-state index contributed by atoms with van der Waals surface area (Å²) in [6.45, 7) is 3.95. The molecule has 2 bridgehead atoms. The first-order valence-electron chi connectivity index (χ1n) is 12.7. The lowest BCUT2D eigenvalue weighted by Gasteiger charge is -2.58. The fraction of sp³-hybridized carbons (Fsp3) is 0.536. The average Bonchev–Trinajstić information content (AvgIpc) is 2.84. The van der Waals surface area contributed by atoms with E-state index in [0.717, 1.165) is 43.5 Å². The van der Waals surface area contributed by atoms with E-state index in [4.69, 9.17) is 15.2 Å². The zero-order valence-electron chi connectivity index (χ0n) is 19.7. The lowest BCUT2D eigenvalue weighted by molar-refractivity contribution is -0.0137. The maximum atomic E-state index is 13.2. The second-order valence-corrected chi connectivity index (χ2v) is 10.0. The van der Waals surface area contributed by atoms with Crippen LogP contribution in [0.25, 0.3) is 0 Å². The van der Waals surface area contributed by atoms with Crippen molar-refractivity contribution in [3.05, 3.63) is 59.2 Å². The van der Waals surface area contributed by atoms with E-state index in [1.807, 2.05) is 35.2 Å². The smallest absolute Gasteiger partial charge is 0.410 e. The Morgan fingerprint density at radius 2 is 2.03 bits per heavy atom. The second-order valence-electron chi connectivity index (χ2n) is 10.0. The first kappa shape index (κ1) is 22.1. The predicted octanol–water partition coefficient (Wildman–Crippen LogP) is 5.84. The lowest BCUT2D eigenvalue weighted by atomic mass is 9.52. The molecule has 2 aromatic rings. The molecule has 5 rings (SSSR count). The van der Waals surface area contributed by atoms with Crippen LogP contribution >= 0.6 is 0 Å². The Morgan fingerprint density at radius 1 is 1.18 bits per heavy atom. The van der Waals surface area contributed by atoms with Gasteiger partial charge < -0.3 is 20.1 Å². The fourth-order valence-electron chi connectivity index (χ4n) is 6.54. The number of carbonyl (C=O) groups excluding carboxylic acids is 1. The van der Waals surface area contributed by atoms with Crippen molar-refractivity contribution in [2.75, 3.05) is 18.9 Å². The van der Waals surface area contributed by atoms with Gasteiger partial charge in [-0.1, -0.05) is 56.5 Å². The Balaban J connectivity index is 1.41. The summed E-state index contributed by atoms with van der Waals surface area (Å²) in [6.07, 6.45) is 8.63. The van der Waals surface area contributed by atoms with Crippen molar-refractivity contribution >= 4 is 11.8 Å². The number of anilines is 1. The summed E-state index contributed by atoms with van der Waals surface area (Å²) in [5.41, 5.74) is 11.0. The van der Waals surface area contributed by atoms with E-state index in [1.54, 1.807) is 0 Å². The predicted molar refractivity (Wildman–Crippen MR) is 130 cm³/mol. The van der Waals surface area contributed by atoms with Gasteiger partial charge in [0, 0.05) is 18.0 Å². The van der Waals surface area contributed by atoms with Crippen molar-refractivity contribution in [2.45, 2.75) is 76.4 Å². The molecule has 1 saturated heterocycles. The third-order valence-corrected chi connectivity index (χ3v) is 8.16. The van der Waals surface area contributed by atoms with Gasteiger partial charge in [-0.15, -0.1) is 0 Å². The molecule has 2 N–H and O–H groups in total. The fourth-order valence-corrected chi connectivity index (χ4v) is 6.54. The van der Waals surface area contributed by atoms with Gasteiger partial charge in [0.05, 0.1) is 12.3 Å². The Hall–Kier alpha value is -2.69. The molecule has 1 aliphatic heterocycles. The number of unbranched alkanes of at least 4 members (excludes halogenated alkanes) is 1. The number of nitrogens with zero attached hydrogens (tertiary/aromatic N) is 1. The van der Waals surface area contributed by atoms with Gasteiger partial charge >= 0.3 is 6.09 Å². The van der Waals surface area contributed by atoms with Crippen molar-refractivity contribution in [1.29, 1.82) is 0 Å². The maximum absolute atomic E-state index is 13.2. The van der Waals surface area contributed by atoms with Gasteiger partial charge in [0.15, 0.2) is 0 Å². The molecule has 2 aromatic carbocycles. The van der Waals surface area contributed by atoms with Crippen LogP contribution < -0.4 is 10.5 Å². The Bertz CT molecular complexity index is 992. The van der Waals surface area contributed by atoms with Crippen LogP contribution in [-0.2, 0) is 23.2 Å². The molecule has 0 aromatic heterocycles. The van der Waals surface area contributed by atoms with Crippen LogP contribution in [0.5, 0.6) is 5.75 Å². The molecule has 0 spiro atoms. The number of nitrogen functional groups attached to an aromatic ring is 1. The van der Waals surface area contributed by atoms with Crippen LogP contribution in [-0.4, -0.2) is 30.2 Å². The monoisotopic (exact) mass is 448 g/mol. The summed E-state index contributed by atoms with van der Waals surface area (Å²) in [7, 11) is 0. The van der Waals surface area contributed by atoms with E-state index in [-0.39, 0.29) is 17.6 Å². The SMILES string of the molecule is CCCCOc1cc2c(cc1N)C[C@H]1[C@H]3CCCC[C@@]23CCN1C(=O)OCc1ccccc1. The molecule has 176 valence electrons. The second kappa shape index (κ2) is 9.28. The van der Waals surface area contributed by atoms with Crippen LogP contribution in [0, 0.1) is 5.92 Å². The van der Waals surface area contributed by atoms with E-state index in [2.05, 4.69) is 19.1 Å². The normalized spacial score (nSPS) is 25.7. The van der Waals surface area contributed by atoms with E-state index < -0.39 is 0 Å². The molecule has 1 saturated carbocycles. The number of amides is 1. The number of ether oxygens (including phenoxy) is 2. The maximum Gasteiger partial charge on any atom is 0.410 e. The molecule has 5 nitrogen and oxygen atoms in total. The zero-order valence-corrected chi connectivity index (χ0v) is 19.7. The first-order chi connectivity index (χ1) is 16.1. The molecule has 2 aliphatic carbocycles. The molecular formula is C28H36N2O3. The van der Waals surface area contributed by atoms with Crippen molar-refractivity contribution < 1.29 is 14.3 Å². The standard InChI is InChI=1S/C28H36N2O3/c1-2-3-15-32-26-18-23-21(16-24(26)29)17-25-22-11-7-8-12-28(22,23)13-14-30(25)27(31)33-19-20-9-5-4-6-10-20/h4-6,9-10,16,18,22,25H,2-3,7-8,11-15,17,19,29H2,1H3/t22-,25+,28+/m1/s1. The molecule has 1 amide bonds. The summed E-state index contributed by atoms with van der Waals surface area (Å²) < 4.78 is 11.8. The average molecular weight is 449 g/mol. The highest BCUT2D eigenvalue weighted by Gasteiger charge is 2.55. The third kappa shape index (κ3) is 4.07. The van der Waals surface area contributed by atoms with Crippen LogP contribution in [0.4, 0.5) is 10.5 Å². The van der Waals surface area contributed by atoms with Crippen LogP contribution in [0.15, 0.2) is 42.5 Å². The number of fused-ring (bicyclic) bond motifs is 1. The molecule has 1 heterocycles. The third-order valence-electron chi connectivity index (χ3n) is 8.16. The Labute approximate surface area is 197 Å². The summed E-state index contributed by atoms with van der Waals surface area (Å²) in [6, 6.07) is 14.5. The number of likely N-dealkylation sites (tertiary alicyclic amines) is 1. The van der Waals surface area contributed by atoms with Gasteiger partial charge in [0.1, 0.15) is 12.4 Å². The molecule has 2 fully saturated rings. The lowest BCUT2D eigenvalue weighted by Crippen LogP contribution is -2.62. The van der Waals surface area contributed by atoms with Gasteiger partial charge in [-0.2, -0.15) is 0 Å². The summed E-state index contributed by atoms with van der Waals surface area (Å²) >= 11 is 0. The number of nitrogens with two attached hydrogens (primary N) is 1. The number of rotatable bonds is 6. The van der Waals surface area contributed by atoms with E-state index in [0.29, 0.717) is 24.8 Å². The molecule has 3 aliphatic rings. The van der Waals surface area contributed by atoms with Crippen molar-refractivity contribution in [3.8, 4) is 5.75 Å². The van der Waals surface area contributed by atoms with Gasteiger partial charge in [-0.25, -0.2) is 4.79 Å². The molecular weight excluding hydrogens is 412 g/mol. The number of hydrogen-bond acceptors (Lipinski definition) is 4. The first-order valence-corrected chi connectivity index (χ1v) is 12.7. The van der Waals surface area contributed by atoms with Crippen LogP contribution in [0.3, 0.4) is 0 Å². The molecule has 0 radical (unpaired) electrons. The number of piperidine rings is 1. The van der Waals surface area contributed by atoms with Gasteiger partial charge in [-0.3, -0.25) is 0 Å². The van der Waals surface area contributed by atoms with Gasteiger partial charge in [0.25, 0.3) is 0 Å². The largest absolute Gasteiger partial charge is 0.491 e. The van der Waals surface area contributed by atoms with E-state index >= 15 is 0 Å². The molecule has 3 atom stereocenters.